The summed E-state index contributed by atoms with van der Waals surface area (Å²) < 4.78 is 32.5. The molecule has 29 heavy (non-hydrogen) atoms. The molecule has 2 aromatic carbocycles. The summed E-state index contributed by atoms with van der Waals surface area (Å²) in [5.41, 5.74) is 1.60. The average molecular weight is 480 g/mol. The van der Waals surface area contributed by atoms with Gasteiger partial charge >= 0.3 is 7.60 Å². The van der Waals surface area contributed by atoms with Gasteiger partial charge in [-0.15, -0.1) is 0 Å². The number of rotatable bonds is 8. The molecule has 1 atom stereocenters. The van der Waals surface area contributed by atoms with Crippen LogP contribution in [0.15, 0.2) is 51.9 Å². The van der Waals surface area contributed by atoms with E-state index in [0.717, 1.165) is 31.9 Å². The van der Waals surface area contributed by atoms with Crippen molar-refractivity contribution >= 4 is 29.1 Å². The Morgan fingerprint density at radius 1 is 1.07 bits per heavy atom. The smallest absolute Gasteiger partial charge is 0.366 e. The molecule has 7 heteroatoms. The van der Waals surface area contributed by atoms with Crippen molar-refractivity contribution in [3.05, 3.63) is 63.1 Å². The second kappa shape index (κ2) is 8.73. The monoisotopic (exact) mass is 479 g/mol. The molecule has 156 valence electrons. The Hall–Kier alpha value is -1.46. The molecular formula is C22H27BrNO4P. The fraction of sp³-hybridized carbons (Fsp3) is 0.409. The first kappa shape index (κ1) is 22.2. The van der Waals surface area contributed by atoms with Gasteiger partial charge in [-0.3, -0.25) is 9.56 Å². The summed E-state index contributed by atoms with van der Waals surface area (Å²) in [6.07, 6.45) is 0.0684. The van der Waals surface area contributed by atoms with Crippen LogP contribution in [0.25, 0.3) is 5.57 Å². The van der Waals surface area contributed by atoms with Crippen LogP contribution >= 0.6 is 23.5 Å². The first-order valence-corrected chi connectivity index (χ1v) is 12.1. The van der Waals surface area contributed by atoms with Crippen LogP contribution in [0.3, 0.4) is 0 Å². The van der Waals surface area contributed by atoms with Crippen LogP contribution in [-0.4, -0.2) is 19.3 Å². The number of ether oxygens (including phenoxy) is 1. The zero-order chi connectivity index (χ0) is 21.2. The van der Waals surface area contributed by atoms with Gasteiger partial charge in [-0.05, 0) is 76.1 Å². The van der Waals surface area contributed by atoms with Crippen molar-refractivity contribution < 1.29 is 18.3 Å². The Labute approximate surface area is 180 Å². The second-order valence-electron chi connectivity index (χ2n) is 7.09. The molecule has 1 unspecified atom stereocenters. The highest BCUT2D eigenvalue weighted by atomic mass is 79.9. The summed E-state index contributed by atoms with van der Waals surface area (Å²) in [4.78, 5) is 4.96. The Balaban J connectivity index is 2.28. The molecule has 5 nitrogen and oxygen atoms in total. The van der Waals surface area contributed by atoms with Gasteiger partial charge in [0, 0.05) is 9.69 Å². The van der Waals surface area contributed by atoms with E-state index in [1.165, 1.54) is 0 Å². The van der Waals surface area contributed by atoms with Crippen molar-refractivity contribution in [1.29, 1.82) is 0 Å². The number of nitrogens with zero attached hydrogens (tertiary/aromatic N) is 1. The Kier molecular flexibility index (Phi) is 6.69. The number of halogens is 1. The summed E-state index contributed by atoms with van der Waals surface area (Å²) in [6.45, 7) is 10.1. The SMILES string of the molecule is CCOP(=O)(OCC)C1(c2ccc(OC(C)C)cc2)N=c2ccc(Br)cc2=C1C. The number of benzene rings is 2. The lowest BCUT2D eigenvalue weighted by atomic mass is 9.99. The molecule has 0 N–H and O–H groups in total. The van der Waals surface area contributed by atoms with Crippen LogP contribution in [0, 0.1) is 0 Å². The molecule has 0 fully saturated rings. The highest BCUT2D eigenvalue weighted by molar-refractivity contribution is 9.10. The molecule has 0 aliphatic carbocycles. The fourth-order valence-electron chi connectivity index (χ4n) is 3.66. The quantitative estimate of drug-likeness (QED) is 0.490. The topological polar surface area (TPSA) is 57.1 Å². The van der Waals surface area contributed by atoms with E-state index in [0.29, 0.717) is 0 Å². The molecule has 3 rings (SSSR count). The minimum absolute atomic E-state index is 0.0684. The highest BCUT2D eigenvalue weighted by Gasteiger charge is 2.55. The summed E-state index contributed by atoms with van der Waals surface area (Å²) in [7, 11) is -3.68. The molecule has 0 bridgehead atoms. The Bertz CT molecular complexity index is 1040. The van der Waals surface area contributed by atoms with E-state index in [-0.39, 0.29) is 19.3 Å². The van der Waals surface area contributed by atoms with Crippen molar-refractivity contribution in [2.75, 3.05) is 13.2 Å². The van der Waals surface area contributed by atoms with Gasteiger partial charge in [-0.1, -0.05) is 28.1 Å². The first-order chi connectivity index (χ1) is 13.8. The van der Waals surface area contributed by atoms with Gasteiger partial charge in [0.2, 0.25) is 5.28 Å². The van der Waals surface area contributed by atoms with Crippen LogP contribution in [0.1, 0.15) is 40.2 Å². The summed E-state index contributed by atoms with van der Waals surface area (Å²) >= 11 is 3.53. The maximum absolute atomic E-state index is 14.2. The molecule has 1 heterocycles. The molecule has 0 radical (unpaired) electrons. The molecular weight excluding hydrogens is 453 g/mol. The Morgan fingerprint density at radius 3 is 2.24 bits per heavy atom. The van der Waals surface area contributed by atoms with Crippen LogP contribution < -0.4 is 15.3 Å². The lowest BCUT2D eigenvalue weighted by molar-refractivity contribution is 0.204. The molecule has 0 aromatic heterocycles. The summed E-state index contributed by atoms with van der Waals surface area (Å²) in [5.74, 6) is 0.748. The standard InChI is InChI=1S/C22H27BrNO4P/c1-6-26-29(25,27-7-2)22(17-8-11-19(12-9-17)28-15(3)4)16(5)20-14-18(23)10-13-21(20)24-22/h8-15H,6-7H2,1-5H3. The van der Waals surface area contributed by atoms with Gasteiger partial charge in [-0.25, -0.2) is 0 Å². The predicted octanol–water partition coefficient (Wildman–Crippen LogP) is 5.16. The highest BCUT2D eigenvalue weighted by Crippen LogP contribution is 2.69. The van der Waals surface area contributed by atoms with Gasteiger partial charge in [0.25, 0.3) is 0 Å². The Morgan fingerprint density at radius 2 is 1.69 bits per heavy atom. The second-order valence-corrected chi connectivity index (χ2v) is 10.2. The van der Waals surface area contributed by atoms with Crippen LogP contribution in [0.2, 0.25) is 0 Å². The van der Waals surface area contributed by atoms with E-state index in [9.17, 15) is 4.57 Å². The average Bonchev–Trinajstić information content (AvgIpc) is 2.96. The largest absolute Gasteiger partial charge is 0.491 e. The van der Waals surface area contributed by atoms with E-state index in [1.54, 1.807) is 0 Å². The van der Waals surface area contributed by atoms with Crippen molar-refractivity contribution in [3.63, 3.8) is 0 Å². The van der Waals surface area contributed by atoms with Crippen molar-refractivity contribution in [3.8, 4) is 5.75 Å². The molecule has 0 spiro atoms. The fourth-order valence-corrected chi connectivity index (χ4v) is 6.38. The molecule has 1 aliphatic rings. The minimum Gasteiger partial charge on any atom is -0.491 e. The number of hydrogen-bond donors (Lipinski definition) is 0. The van der Waals surface area contributed by atoms with Gasteiger partial charge in [0.1, 0.15) is 5.75 Å². The lowest BCUT2D eigenvalue weighted by Gasteiger charge is -2.35. The van der Waals surface area contributed by atoms with E-state index >= 15 is 0 Å². The maximum Gasteiger partial charge on any atom is 0.366 e. The minimum atomic E-state index is -3.68. The number of hydrogen-bond acceptors (Lipinski definition) is 5. The van der Waals surface area contributed by atoms with Crippen molar-refractivity contribution in [1.82, 2.24) is 0 Å². The molecule has 1 aliphatic heterocycles. The van der Waals surface area contributed by atoms with E-state index in [2.05, 4.69) is 15.9 Å². The van der Waals surface area contributed by atoms with Gasteiger partial charge < -0.3 is 13.8 Å². The molecule has 0 saturated heterocycles. The molecule has 0 amide bonds. The van der Waals surface area contributed by atoms with Gasteiger partial charge in [-0.2, -0.15) is 0 Å². The summed E-state index contributed by atoms with van der Waals surface area (Å²) in [6, 6.07) is 13.4. The molecule has 0 saturated carbocycles. The van der Waals surface area contributed by atoms with Gasteiger partial charge in [0.15, 0.2) is 0 Å². The van der Waals surface area contributed by atoms with Crippen molar-refractivity contribution in [2.45, 2.75) is 46.0 Å². The lowest BCUT2D eigenvalue weighted by Crippen LogP contribution is -2.27. The normalized spacial score (nSPS) is 18.7. The van der Waals surface area contributed by atoms with Crippen LogP contribution in [-0.2, 0) is 18.9 Å². The third-order valence-corrected chi connectivity index (χ3v) is 7.97. The maximum atomic E-state index is 14.2. The third kappa shape index (κ3) is 3.96. The predicted molar refractivity (Wildman–Crippen MR) is 119 cm³/mol. The van der Waals surface area contributed by atoms with Crippen LogP contribution in [0.5, 0.6) is 5.75 Å². The van der Waals surface area contributed by atoms with Crippen LogP contribution in [0.4, 0.5) is 0 Å². The van der Waals surface area contributed by atoms with Crippen molar-refractivity contribution in [2.24, 2.45) is 4.99 Å². The van der Waals surface area contributed by atoms with E-state index < -0.39 is 12.9 Å². The number of fused-ring (bicyclic) bond motifs is 1. The zero-order valence-electron chi connectivity index (χ0n) is 17.4. The van der Waals surface area contributed by atoms with E-state index in [1.807, 2.05) is 77.1 Å². The van der Waals surface area contributed by atoms with E-state index in [4.69, 9.17) is 18.8 Å². The third-order valence-electron chi connectivity index (χ3n) is 4.79. The first-order valence-electron chi connectivity index (χ1n) is 9.80. The zero-order valence-corrected chi connectivity index (χ0v) is 19.9. The van der Waals surface area contributed by atoms with Gasteiger partial charge in [0.05, 0.1) is 24.7 Å². The molecule has 2 aromatic rings. The summed E-state index contributed by atoms with van der Waals surface area (Å²) in [5, 5.41) is 0.466.